The van der Waals surface area contributed by atoms with Crippen molar-refractivity contribution in [1.82, 2.24) is 0 Å². The van der Waals surface area contributed by atoms with Gasteiger partial charge in [0, 0.05) is 25.7 Å². The molecule has 19 heteroatoms. The number of aliphatic hydroxyl groups is 1. The molecule has 0 fully saturated rings. The number of esters is 4. The highest BCUT2D eigenvalue weighted by Crippen LogP contribution is 2.45. The first-order chi connectivity index (χ1) is 43.7. The molecule has 0 aromatic heterocycles. The molecule has 540 valence electrons. The first-order valence-electron chi connectivity index (χ1n) is 37.3. The highest BCUT2D eigenvalue weighted by atomic mass is 31.2. The molecule has 17 nitrogen and oxygen atoms in total. The monoisotopic (exact) mass is 1340 g/mol. The molecule has 0 amide bonds. The first kappa shape index (κ1) is 89.1. The summed E-state index contributed by atoms with van der Waals surface area (Å²) >= 11 is 0. The Morgan fingerprint density at radius 2 is 0.505 bits per heavy atom. The van der Waals surface area contributed by atoms with Crippen LogP contribution in [0.1, 0.15) is 363 Å². The van der Waals surface area contributed by atoms with Crippen LogP contribution in [-0.4, -0.2) is 96.7 Å². The van der Waals surface area contributed by atoms with Crippen LogP contribution in [0.4, 0.5) is 0 Å². The number of ether oxygens (including phenoxy) is 4. The molecular formula is C72H140O17P2. The molecule has 5 atom stereocenters. The van der Waals surface area contributed by atoms with Gasteiger partial charge in [0.15, 0.2) is 12.2 Å². The van der Waals surface area contributed by atoms with Crippen molar-refractivity contribution in [3.8, 4) is 0 Å². The molecule has 0 heterocycles. The number of rotatable bonds is 70. The van der Waals surface area contributed by atoms with E-state index in [9.17, 15) is 43.2 Å². The van der Waals surface area contributed by atoms with Crippen LogP contribution in [0.3, 0.4) is 0 Å². The molecule has 0 radical (unpaired) electrons. The zero-order valence-corrected chi connectivity index (χ0v) is 61.1. The van der Waals surface area contributed by atoms with Crippen molar-refractivity contribution in [3.05, 3.63) is 0 Å². The topological polar surface area (TPSA) is 237 Å². The zero-order valence-electron chi connectivity index (χ0n) is 59.3. The summed E-state index contributed by atoms with van der Waals surface area (Å²) in [6, 6.07) is 0. The number of carbonyl (C=O) groups excluding carboxylic acids is 4. The van der Waals surface area contributed by atoms with Gasteiger partial charge in [-0.3, -0.25) is 37.3 Å². The summed E-state index contributed by atoms with van der Waals surface area (Å²) in [6.07, 6.45) is 47.1. The first-order valence-corrected chi connectivity index (χ1v) is 40.3. The van der Waals surface area contributed by atoms with E-state index in [1.807, 2.05) is 0 Å². The average Bonchev–Trinajstić information content (AvgIpc) is 3.00. The van der Waals surface area contributed by atoms with Crippen molar-refractivity contribution in [3.63, 3.8) is 0 Å². The summed E-state index contributed by atoms with van der Waals surface area (Å²) in [6.45, 7) is 11.8. The third kappa shape index (κ3) is 66.5. The molecule has 3 N–H and O–H groups in total. The van der Waals surface area contributed by atoms with Gasteiger partial charge in [0.2, 0.25) is 0 Å². The molecule has 0 aromatic rings. The van der Waals surface area contributed by atoms with Gasteiger partial charge >= 0.3 is 39.5 Å². The van der Waals surface area contributed by atoms with Gasteiger partial charge in [-0.15, -0.1) is 0 Å². The molecule has 91 heavy (non-hydrogen) atoms. The van der Waals surface area contributed by atoms with Crippen molar-refractivity contribution >= 4 is 39.5 Å². The standard InChI is InChI=1S/C72H140O17P2/c1-8-9-10-11-12-13-14-15-20-26-33-41-48-55-71(76)89-68(60-83-70(75)54-47-40-35-28-31-38-45-52-65(6)7)62-87-91(80,81)85-58-66(73)57-84-90(78,79)86-61-67(88-72(77)56-49-42-34-27-22-17-19-24-30-37-44-51-64(4)5)59-82-69(74)53-46-39-32-25-21-16-18-23-29-36-43-50-63(2)3/h63-68,73H,8-62H2,1-7H3,(H,78,79)(H,80,81)/t66-,67-,68-/m1/s1. The fraction of sp³-hybridized carbons (Fsp3) is 0.944. The number of aliphatic hydroxyl groups excluding tert-OH is 1. The van der Waals surface area contributed by atoms with Crippen molar-refractivity contribution in [2.45, 2.75) is 381 Å². The van der Waals surface area contributed by atoms with E-state index in [1.54, 1.807) is 0 Å². The SMILES string of the molecule is CCCCCCCCCCCCCCCC(=O)O[C@H](COC(=O)CCCCCCCCCC(C)C)COP(=O)(O)OC[C@H](O)COP(=O)(O)OC[C@@H](COC(=O)CCCCCCCCCCCCCC(C)C)OC(=O)CCCCCCCCCCCCCC(C)C. The quantitative estimate of drug-likeness (QED) is 0.0222. The van der Waals surface area contributed by atoms with Gasteiger partial charge in [0.25, 0.3) is 0 Å². The highest BCUT2D eigenvalue weighted by molar-refractivity contribution is 7.47. The molecule has 0 saturated carbocycles. The summed E-state index contributed by atoms with van der Waals surface area (Å²) < 4.78 is 68.4. The van der Waals surface area contributed by atoms with Gasteiger partial charge in [0.1, 0.15) is 19.3 Å². The lowest BCUT2D eigenvalue weighted by Gasteiger charge is -2.21. The Labute approximate surface area is 556 Å². The molecule has 0 rings (SSSR count). The van der Waals surface area contributed by atoms with Crippen LogP contribution < -0.4 is 0 Å². The van der Waals surface area contributed by atoms with Gasteiger partial charge in [0.05, 0.1) is 26.4 Å². The van der Waals surface area contributed by atoms with E-state index < -0.39 is 97.5 Å². The Bertz CT molecular complexity index is 1780. The summed E-state index contributed by atoms with van der Waals surface area (Å²) in [5.41, 5.74) is 0. The Kier molecular flexibility index (Phi) is 61.5. The Morgan fingerprint density at radius 1 is 0.297 bits per heavy atom. The highest BCUT2D eigenvalue weighted by Gasteiger charge is 2.30. The van der Waals surface area contributed by atoms with Gasteiger partial charge in [-0.2, -0.15) is 0 Å². The molecule has 0 spiro atoms. The number of phosphoric ester groups is 2. The van der Waals surface area contributed by atoms with E-state index in [4.69, 9.17) is 37.0 Å². The van der Waals surface area contributed by atoms with Crippen LogP contribution in [0.25, 0.3) is 0 Å². The van der Waals surface area contributed by atoms with Gasteiger partial charge in [-0.1, -0.05) is 312 Å². The number of unbranched alkanes of at least 4 members (excludes halogenated alkanes) is 38. The van der Waals surface area contributed by atoms with E-state index in [1.165, 1.54) is 167 Å². The van der Waals surface area contributed by atoms with E-state index in [-0.39, 0.29) is 25.7 Å². The molecule has 2 unspecified atom stereocenters. The van der Waals surface area contributed by atoms with Crippen LogP contribution in [0.15, 0.2) is 0 Å². The number of hydrogen-bond donors (Lipinski definition) is 3. The van der Waals surface area contributed by atoms with E-state index in [2.05, 4.69) is 48.5 Å². The van der Waals surface area contributed by atoms with Crippen LogP contribution in [0.2, 0.25) is 0 Å². The maximum Gasteiger partial charge on any atom is 0.472 e. The van der Waals surface area contributed by atoms with Crippen molar-refractivity contribution in [1.29, 1.82) is 0 Å². The predicted molar refractivity (Wildman–Crippen MR) is 368 cm³/mol. The molecule has 0 saturated heterocycles. The third-order valence-electron chi connectivity index (χ3n) is 16.6. The molecule has 0 bridgehead atoms. The average molecular weight is 1340 g/mol. The minimum atomic E-state index is -4.95. The minimum Gasteiger partial charge on any atom is -0.462 e. The fourth-order valence-corrected chi connectivity index (χ4v) is 12.5. The predicted octanol–water partition coefficient (Wildman–Crippen LogP) is 20.6. The second-order valence-corrected chi connectivity index (χ2v) is 30.3. The summed E-state index contributed by atoms with van der Waals surface area (Å²) in [5, 5.41) is 10.6. The molecule has 0 aliphatic rings. The van der Waals surface area contributed by atoms with Gasteiger partial charge < -0.3 is 33.8 Å². The van der Waals surface area contributed by atoms with Crippen molar-refractivity contribution < 1.29 is 80.2 Å². The lowest BCUT2D eigenvalue weighted by molar-refractivity contribution is -0.161. The summed E-state index contributed by atoms with van der Waals surface area (Å²) in [4.78, 5) is 72.6. The van der Waals surface area contributed by atoms with E-state index in [0.29, 0.717) is 31.6 Å². The molecule has 0 aliphatic heterocycles. The van der Waals surface area contributed by atoms with Gasteiger partial charge in [-0.05, 0) is 43.4 Å². The lowest BCUT2D eigenvalue weighted by atomic mass is 10.0. The second kappa shape index (κ2) is 62.8. The normalized spacial score (nSPS) is 14.2. The van der Waals surface area contributed by atoms with Crippen LogP contribution in [-0.2, 0) is 65.4 Å². The van der Waals surface area contributed by atoms with Crippen LogP contribution >= 0.6 is 15.6 Å². The number of carbonyl (C=O) groups is 4. The maximum atomic E-state index is 13.0. The van der Waals surface area contributed by atoms with Crippen LogP contribution in [0.5, 0.6) is 0 Å². The number of hydrogen-bond acceptors (Lipinski definition) is 15. The summed E-state index contributed by atoms with van der Waals surface area (Å²) in [5.74, 6) is 0.119. The Morgan fingerprint density at radius 3 is 0.747 bits per heavy atom. The van der Waals surface area contributed by atoms with Crippen LogP contribution in [0, 0.1) is 17.8 Å². The lowest BCUT2D eigenvalue weighted by Crippen LogP contribution is -2.30. The molecule has 0 aromatic carbocycles. The van der Waals surface area contributed by atoms with E-state index >= 15 is 0 Å². The Balaban J connectivity index is 5.26. The second-order valence-electron chi connectivity index (χ2n) is 27.4. The Hall–Kier alpha value is -1.94. The minimum absolute atomic E-state index is 0.106. The largest absolute Gasteiger partial charge is 0.472 e. The van der Waals surface area contributed by atoms with Crippen molar-refractivity contribution in [2.75, 3.05) is 39.6 Å². The molecular weight excluding hydrogens is 1200 g/mol. The molecule has 0 aliphatic carbocycles. The van der Waals surface area contributed by atoms with Gasteiger partial charge in [-0.25, -0.2) is 9.13 Å². The smallest absolute Gasteiger partial charge is 0.462 e. The fourth-order valence-electron chi connectivity index (χ4n) is 10.9. The maximum absolute atomic E-state index is 13.0. The zero-order chi connectivity index (χ0) is 67.3. The van der Waals surface area contributed by atoms with E-state index in [0.717, 1.165) is 108 Å². The van der Waals surface area contributed by atoms with Crippen molar-refractivity contribution in [2.24, 2.45) is 17.8 Å². The third-order valence-corrected chi connectivity index (χ3v) is 18.5. The number of phosphoric acid groups is 2. The summed E-state index contributed by atoms with van der Waals surface area (Å²) in [7, 11) is -9.90.